The van der Waals surface area contributed by atoms with Crippen molar-refractivity contribution < 1.29 is 4.79 Å². The van der Waals surface area contributed by atoms with Crippen LogP contribution in [0, 0.1) is 6.92 Å². The van der Waals surface area contributed by atoms with Crippen LogP contribution >= 0.6 is 0 Å². The van der Waals surface area contributed by atoms with Crippen LogP contribution < -0.4 is 11.1 Å². The first-order chi connectivity index (χ1) is 8.43. The highest BCUT2D eigenvalue weighted by Crippen LogP contribution is 2.17. The summed E-state index contributed by atoms with van der Waals surface area (Å²) in [4.78, 5) is 13.9. The number of carbonyl (C=O) groups excluding carboxylic acids is 1. The van der Waals surface area contributed by atoms with Gasteiger partial charge >= 0.3 is 0 Å². The van der Waals surface area contributed by atoms with Gasteiger partial charge in [0.2, 0.25) is 5.91 Å². The maximum Gasteiger partial charge on any atom is 0.238 e. The number of hydrogen-bond donors (Lipinski definition) is 2. The summed E-state index contributed by atoms with van der Waals surface area (Å²) >= 11 is 0. The van der Waals surface area contributed by atoms with Gasteiger partial charge < -0.3 is 11.1 Å². The van der Waals surface area contributed by atoms with Gasteiger partial charge in [-0.3, -0.25) is 9.69 Å². The van der Waals surface area contributed by atoms with Crippen molar-refractivity contribution in [3.05, 3.63) is 23.8 Å². The lowest BCUT2D eigenvalue weighted by Crippen LogP contribution is -2.36. The summed E-state index contributed by atoms with van der Waals surface area (Å²) in [6.45, 7) is 6.56. The Hall–Kier alpha value is -1.55. The van der Waals surface area contributed by atoms with E-state index in [1.807, 2.05) is 31.0 Å². The van der Waals surface area contributed by atoms with Crippen LogP contribution in [0.4, 0.5) is 11.4 Å². The molecule has 0 aromatic heterocycles. The first-order valence-electron chi connectivity index (χ1n) is 6.30. The Morgan fingerprint density at radius 1 is 1.50 bits per heavy atom. The number of nitrogens with two attached hydrogens (primary N) is 1. The summed E-state index contributed by atoms with van der Waals surface area (Å²) in [5, 5.41) is 2.91. The number of nitrogen functional groups attached to an aromatic ring is 1. The fourth-order valence-electron chi connectivity index (χ4n) is 1.71. The van der Waals surface area contributed by atoms with Crippen LogP contribution in [0.5, 0.6) is 0 Å². The van der Waals surface area contributed by atoms with Crippen LogP contribution in [0.1, 0.15) is 25.8 Å². The van der Waals surface area contributed by atoms with Crippen LogP contribution in [0.2, 0.25) is 0 Å². The van der Waals surface area contributed by atoms with Gasteiger partial charge in [0.05, 0.1) is 6.54 Å². The van der Waals surface area contributed by atoms with Gasteiger partial charge in [0.15, 0.2) is 0 Å². The normalized spacial score (nSPS) is 12.5. The van der Waals surface area contributed by atoms with E-state index in [2.05, 4.69) is 19.2 Å². The van der Waals surface area contributed by atoms with Crippen molar-refractivity contribution in [1.29, 1.82) is 0 Å². The van der Waals surface area contributed by atoms with Gasteiger partial charge in [0, 0.05) is 17.4 Å². The second-order valence-corrected chi connectivity index (χ2v) is 4.79. The van der Waals surface area contributed by atoms with Crippen molar-refractivity contribution in [2.75, 3.05) is 24.6 Å². The van der Waals surface area contributed by atoms with Crippen molar-refractivity contribution in [3.8, 4) is 0 Å². The Morgan fingerprint density at radius 2 is 2.17 bits per heavy atom. The third kappa shape index (κ3) is 4.04. The molecule has 4 nitrogen and oxygen atoms in total. The molecule has 0 fully saturated rings. The number of hydrogen-bond acceptors (Lipinski definition) is 3. The summed E-state index contributed by atoms with van der Waals surface area (Å²) in [5.41, 5.74) is 8.19. The van der Waals surface area contributed by atoms with Crippen molar-refractivity contribution in [3.63, 3.8) is 0 Å². The van der Waals surface area contributed by atoms with Gasteiger partial charge in [0.1, 0.15) is 0 Å². The maximum atomic E-state index is 11.9. The molecule has 1 atom stereocenters. The molecule has 3 N–H and O–H groups in total. The number of amides is 1. The van der Waals surface area contributed by atoms with E-state index in [1.165, 1.54) is 0 Å². The van der Waals surface area contributed by atoms with Gasteiger partial charge in [-0.1, -0.05) is 6.92 Å². The predicted octanol–water partition coefficient (Wildman–Crippen LogP) is 2.25. The predicted molar refractivity (Wildman–Crippen MR) is 76.6 cm³/mol. The van der Waals surface area contributed by atoms with E-state index in [0.29, 0.717) is 18.3 Å². The highest BCUT2D eigenvalue weighted by atomic mass is 16.2. The molecule has 1 aromatic carbocycles. The quantitative estimate of drug-likeness (QED) is 0.787. The topological polar surface area (TPSA) is 58.4 Å². The second-order valence-electron chi connectivity index (χ2n) is 4.79. The summed E-state index contributed by atoms with van der Waals surface area (Å²) in [6.07, 6.45) is 1.03. The lowest BCUT2D eigenvalue weighted by atomic mass is 10.2. The monoisotopic (exact) mass is 249 g/mol. The van der Waals surface area contributed by atoms with Gasteiger partial charge in [-0.2, -0.15) is 0 Å². The highest BCUT2D eigenvalue weighted by Gasteiger charge is 2.12. The minimum Gasteiger partial charge on any atom is -0.399 e. The van der Waals surface area contributed by atoms with Gasteiger partial charge in [-0.05, 0) is 51.1 Å². The molecule has 100 valence electrons. The lowest BCUT2D eigenvalue weighted by molar-refractivity contribution is -0.117. The Kier molecular flexibility index (Phi) is 5.16. The number of carbonyl (C=O) groups is 1. The van der Waals surface area contributed by atoms with Crippen LogP contribution in [-0.2, 0) is 4.79 Å². The first kappa shape index (κ1) is 14.5. The number of anilines is 2. The standard InChI is InChI=1S/C14H23N3O/c1-5-11(3)17(4)9-14(18)16-13-7-6-12(15)8-10(13)2/h6-8,11H,5,9,15H2,1-4H3,(H,16,18). The summed E-state index contributed by atoms with van der Waals surface area (Å²) in [7, 11) is 1.96. The third-order valence-corrected chi connectivity index (χ3v) is 3.26. The van der Waals surface area contributed by atoms with Crippen molar-refractivity contribution in [2.24, 2.45) is 0 Å². The molecular formula is C14H23N3O. The molecule has 0 bridgehead atoms. The van der Waals surface area contributed by atoms with Crippen molar-refractivity contribution in [1.82, 2.24) is 4.90 Å². The van der Waals surface area contributed by atoms with Crippen LogP contribution in [-0.4, -0.2) is 30.4 Å². The molecule has 0 aliphatic carbocycles. The SMILES string of the molecule is CCC(C)N(C)CC(=O)Nc1ccc(N)cc1C. The van der Waals surface area contributed by atoms with Gasteiger partial charge in [-0.25, -0.2) is 0 Å². The minimum absolute atomic E-state index is 0.00525. The zero-order valence-corrected chi connectivity index (χ0v) is 11.7. The van der Waals surface area contributed by atoms with E-state index < -0.39 is 0 Å². The average Bonchev–Trinajstić information content (AvgIpc) is 2.31. The van der Waals surface area contributed by atoms with Crippen molar-refractivity contribution in [2.45, 2.75) is 33.2 Å². The van der Waals surface area contributed by atoms with E-state index in [4.69, 9.17) is 5.73 Å². The smallest absolute Gasteiger partial charge is 0.238 e. The fourth-order valence-corrected chi connectivity index (χ4v) is 1.71. The molecule has 0 saturated carbocycles. The summed E-state index contributed by atoms with van der Waals surface area (Å²) in [5.74, 6) is 0.00525. The second kappa shape index (κ2) is 6.40. The molecule has 4 heteroatoms. The molecule has 1 amide bonds. The third-order valence-electron chi connectivity index (χ3n) is 3.26. The van der Waals surface area contributed by atoms with Gasteiger partial charge in [0.25, 0.3) is 0 Å². The molecule has 0 aliphatic rings. The molecule has 1 unspecified atom stereocenters. The Bertz CT molecular complexity index is 418. The average molecular weight is 249 g/mol. The number of nitrogens with zero attached hydrogens (tertiary/aromatic N) is 1. The number of rotatable bonds is 5. The molecule has 0 aliphatic heterocycles. The molecule has 18 heavy (non-hydrogen) atoms. The highest BCUT2D eigenvalue weighted by molar-refractivity contribution is 5.93. The number of likely N-dealkylation sites (N-methyl/N-ethyl adjacent to an activating group) is 1. The summed E-state index contributed by atoms with van der Waals surface area (Å²) < 4.78 is 0. The Labute approximate surface area is 109 Å². The van der Waals surface area contributed by atoms with E-state index >= 15 is 0 Å². The van der Waals surface area contributed by atoms with E-state index in [1.54, 1.807) is 6.07 Å². The molecule has 0 radical (unpaired) electrons. The van der Waals surface area contributed by atoms with Crippen LogP contribution in [0.3, 0.4) is 0 Å². The molecule has 0 saturated heterocycles. The maximum absolute atomic E-state index is 11.9. The zero-order chi connectivity index (χ0) is 13.7. The number of aryl methyl sites for hydroxylation is 1. The molecule has 1 aromatic rings. The summed E-state index contributed by atoms with van der Waals surface area (Å²) in [6, 6.07) is 5.89. The van der Waals surface area contributed by atoms with E-state index in [-0.39, 0.29) is 5.91 Å². The molecular weight excluding hydrogens is 226 g/mol. The van der Waals surface area contributed by atoms with E-state index in [0.717, 1.165) is 17.7 Å². The van der Waals surface area contributed by atoms with E-state index in [9.17, 15) is 4.79 Å². The molecule has 0 spiro atoms. The fraction of sp³-hybridized carbons (Fsp3) is 0.500. The number of benzene rings is 1. The van der Waals surface area contributed by atoms with Crippen molar-refractivity contribution >= 4 is 17.3 Å². The molecule has 0 heterocycles. The molecule has 1 rings (SSSR count). The first-order valence-corrected chi connectivity index (χ1v) is 6.30. The largest absolute Gasteiger partial charge is 0.399 e. The van der Waals surface area contributed by atoms with Gasteiger partial charge in [-0.15, -0.1) is 0 Å². The minimum atomic E-state index is 0.00525. The Balaban J connectivity index is 2.59. The van der Waals surface area contributed by atoms with Crippen LogP contribution in [0.15, 0.2) is 18.2 Å². The Morgan fingerprint density at radius 3 is 2.72 bits per heavy atom. The lowest BCUT2D eigenvalue weighted by Gasteiger charge is -2.22. The van der Waals surface area contributed by atoms with Crippen LogP contribution in [0.25, 0.3) is 0 Å². The zero-order valence-electron chi connectivity index (χ0n) is 11.7. The number of nitrogens with one attached hydrogen (secondary N) is 1.